The summed E-state index contributed by atoms with van der Waals surface area (Å²) < 4.78 is 5.45. The maximum atomic E-state index is 11.0. The lowest BCUT2D eigenvalue weighted by atomic mass is 10.1. The molecule has 0 spiro atoms. The van der Waals surface area contributed by atoms with Crippen LogP contribution < -0.4 is 4.74 Å². The Hall–Kier alpha value is -1.99. The average molecular weight is 257 g/mol. The van der Waals surface area contributed by atoms with Crippen molar-refractivity contribution in [3.05, 3.63) is 36.0 Å². The third kappa shape index (κ3) is 2.63. The number of aromatic nitrogens is 1. The minimum atomic E-state index is -0.588. The first-order chi connectivity index (χ1) is 8.60. The van der Waals surface area contributed by atoms with E-state index < -0.39 is 6.10 Å². The quantitative estimate of drug-likeness (QED) is 0.678. The lowest BCUT2D eigenvalue weighted by Crippen LogP contribution is -2.18. The van der Waals surface area contributed by atoms with Crippen LogP contribution >= 0.6 is 12.6 Å². The summed E-state index contributed by atoms with van der Waals surface area (Å²) in [5.74, 6) is 3.12. The number of rotatable bonds is 3. The first kappa shape index (κ1) is 12.5. The summed E-state index contributed by atoms with van der Waals surface area (Å²) in [5, 5.41) is 0.562. The number of carbonyl (C=O) groups is 1. The van der Waals surface area contributed by atoms with E-state index in [-0.39, 0.29) is 5.12 Å². The smallest absolute Gasteiger partial charge is 0.226 e. The van der Waals surface area contributed by atoms with Crippen LogP contribution in [0.4, 0.5) is 0 Å². The minimum Gasteiger partial charge on any atom is -0.482 e. The van der Waals surface area contributed by atoms with Crippen LogP contribution in [0, 0.1) is 12.3 Å². The highest BCUT2D eigenvalue weighted by Crippen LogP contribution is 2.21. The highest BCUT2D eigenvalue weighted by molar-refractivity contribution is 7.96. The summed E-state index contributed by atoms with van der Waals surface area (Å²) in [6.07, 6.45) is 6.38. The minimum absolute atomic E-state index is 0.314. The topological polar surface area (TPSA) is 39.2 Å². The molecule has 0 N–H and O–H groups in total. The van der Waals surface area contributed by atoms with Crippen LogP contribution in [0.5, 0.6) is 5.75 Å². The van der Waals surface area contributed by atoms with E-state index in [1.54, 1.807) is 25.3 Å². The Bertz CT molecular complexity index is 646. The second kappa shape index (κ2) is 5.11. The molecule has 1 unspecified atom stereocenters. The van der Waals surface area contributed by atoms with Crippen LogP contribution in [0.15, 0.2) is 30.5 Å². The van der Waals surface area contributed by atoms with Crippen LogP contribution in [0.25, 0.3) is 10.9 Å². The van der Waals surface area contributed by atoms with E-state index >= 15 is 0 Å². The van der Waals surface area contributed by atoms with Crippen LogP contribution in [0.1, 0.15) is 12.5 Å². The van der Waals surface area contributed by atoms with Gasteiger partial charge in [0.2, 0.25) is 5.12 Å². The van der Waals surface area contributed by atoms with Gasteiger partial charge in [0.15, 0.2) is 6.10 Å². The Morgan fingerprint density at radius 1 is 1.50 bits per heavy atom. The van der Waals surface area contributed by atoms with Crippen molar-refractivity contribution in [3.63, 3.8) is 0 Å². The van der Waals surface area contributed by atoms with Gasteiger partial charge in [-0.1, -0.05) is 5.92 Å². The Labute approximate surface area is 111 Å². The molecule has 0 aliphatic carbocycles. The monoisotopic (exact) mass is 257 g/mol. The van der Waals surface area contributed by atoms with Gasteiger partial charge in [0.1, 0.15) is 5.75 Å². The summed E-state index contributed by atoms with van der Waals surface area (Å²) in [4.78, 5) is 15.2. The Morgan fingerprint density at radius 3 is 2.94 bits per heavy atom. The standard InChI is InChI=1S/C14H11NO2S/c1-3-10-6-11-7-12(17-9(2)14(16)18)4-5-13(11)15-8-10/h1,4-9H,2H3,(H,16,18). The fraction of sp³-hybridized carbons (Fsp3) is 0.143. The van der Waals surface area contributed by atoms with Gasteiger partial charge in [-0.05, 0) is 31.2 Å². The molecule has 0 bridgehead atoms. The van der Waals surface area contributed by atoms with Gasteiger partial charge in [0, 0.05) is 17.1 Å². The van der Waals surface area contributed by atoms with Crippen molar-refractivity contribution in [1.29, 1.82) is 0 Å². The zero-order valence-electron chi connectivity index (χ0n) is 9.75. The molecule has 0 saturated carbocycles. The predicted molar refractivity (Wildman–Crippen MR) is 73.8 cm³/mol. The number of terminal acetylenes is 1. The number of thiol groups is 1. The molecule has 0 fully saturated rings. The van der Waals surface area contributed by atoms with Gasteiger partial charge >= 0.3 is 0 Å². The van der Waals surface area contributed by atoms with Gasteiger partial charge in [0.25, 0.3) is 0 Å². The second-order valence-corrected chi connectivity index (χ2v) is 4.26. The summed E-state index contributed by atoms with van der Waals surface area (Å²) >= 11 is 3.73. The van der Waals surface area contributed by atoms with E-state index in [1.165, 1.54) is 0 Å². The van der Waals surface area contributed by atoms with Crippen LogP contribution in [-0.4, -0.2) is 16.2 Å². The molecule has 1 aromatic heterocycles. The van der Waals surface area contributed by atoms with Gasteiger partial charge in [-0.3, -0.25) is 9.78 Å². The second-order valence-electron chi connectivity index (χ2n) is 3.82. The molecule has 1 heterocycles. The van der Waals surface area contributed by atoms with Crippen molar-refractivity contribution in [2.45, 2.75) is 13.0 Å². The number of hydrogen-bond donors (Lipinski definition) is 1. The molecular formula is C14H11NO2S. The van der Waals surface area contributed by atoms with Crippen LogP contribution in [0.2, 0.25) is 0 Å². The zero-order valence-corrected chi connectivity index (χ0v) is 10.6. The summed E-state index contributed by atoms with van der Waals surface area (Å²) in [6.45, 7) is 1.65. The number of carbonyl (C=O) groups excluding carboxylic acids is 1. The number of benzene rings is 1. The van der Waals surface area contributed by atoms with Crippen molar-refractivity contribution in [2.75, 3.05) is 0 Å². The number of fused-ring (bicyclic) bond motifs is 1. The van der Waals surface area contributed by atoms with E-state index in [2.05, 4.69) is 23.5 Å². The lowest BCUT2D eigenvalue weighted by molar-refractivity contribution is -0.116. The molecule has 1 atom stereocenters. The highest BCUT2D eigenvalue weighted by atomic mass is 32.1. The van der Waals surface area contributed by atoms with E-state index in [1.807, 2.05) is 12.1 Å². The van der Waals surface area contributed by atoms with Gasteiger partial charge in [-0.25, -0.2) is 0 Å². The number of hydrogen-bond acceptors (Lipinski definition) is 3. The molecule has 0 radical (unpaired) electrons. The predicted octanol–water partition coefficient (Wildman–Crippen LogP) is 2.44. The molecule has 0 saturated heterocycles. The van der Waals surface area contributed by atoms with E-state index in [0.717, 1.165) is 10.9 Å². The molecule has 4 heteroatoms. The molecule has 18 heavy (non-hydrogen) atoms. The Morgan fingerprint density at radius 2 is 2.28 bits per heavy atom. The molecule has 0 aliphatic heterocycles. The summed E-state index contributed by atoms with van der Waals surface area (Å²) in [5.41, 5.74) is 1.53. The van der Waals surface area contributed by atoms with Crippen molar-refractivity contribution >= 4 is 28.6 Å². The molecule has 2 aromatic rings. The van der Waals surface area contributed by atoms with E-state index in [9.17, 15) is 4.79 Å². The summed E-state index contributed by atoms with van der Waals surface area (Å²) in [7, 11) is 0. The third-order valence-electron chi connectivity index (χ3n) is 2.48. The largest absolute Gasteiger partial charge is 0.482 e. The van der Waals surface area contributed by atoms with Crippen molar-refractivity contribution in [2.24, 2.45) is 0 Å². The average Bonchev–Trinajstić information content (AvgIpc) is 2.37. The molecular weight excluding hydrogens is 246 g/mol. The molecule has 0 amide bonds. The Kier molecular flexibility index (Phi) is 3.54. The number of nitrogens with zero attached hydrogens (tertiary/aromatic N) is 1. The first-order valence-corrected chi connectivity index (χ1v) is 5.81. The third-order valence-corrected chi connectivity index (χ3v) is 2.84. The molecule has 90 valence electrons. The maximum absolute atomic E-state index is 11.0. The van der Waals surface area contributed by atoms with E-state index in [0.29, 0.717) is 11.3 Å². The molecule has 2 rings (SSSR count). The van der Waals surface area contributed by atoms with Gasteiger partial charge < -0.3 is 4.74 Å². The fourth-order valence-corrected chi connectivity index (χ4v) is 1.57. The van der Waals surface area contributed by atoms with Crippen molar-refractivity contribution < 1.29 is 9.53 Å². The molecule has 3 nitrogen and oxygen atoms in total. The van der Waals surface area contributed by atoms with E-state index in [4.69, 9.17) is 11.2 Å². The fourth-order valence-electron chi connectivity index (χ4n) is 1.52. The zero-order chi connectivity index (χ0) is 13.1. The normalized spacial score (nSPS) is 11.8. The SMILES string of the molecule is C#Cc1cnc2ccc(OC(C)C(=O)S)cc2c1. The van der Waals surface area contributed by atoms with Gasteiger partial charge in [-0.15, -0.1) is 19.1 Å². The molecule has 1 aromatic carbocycles. The van der Waals surface area contributed by atoms with Crippen LogP contribution in [0.3, 0.4) is 0 Å². The Balaban J connectivity index is 2.37. The highest BCUT2D eigenvalue weighted by Gasteiger charge is 2.10. The van der Waals surface area contributed by atoms with Gasteiger partial charge in [-0.2, -0.15) is 0 Å². The molecule has 0 aliphatic rings. The lowest BCUT2D eigenvalue weighted by Gasteiger charge is -2.11. The summed E-state index contributed by atoms with van der Waals surface area (Å²) in [6, 6.07) is 7.23. The van der Waals surface area contributed by atoms with Crippen LogP contribution in [-0.2, 0) is 4.79 Å². The van der Waals surface area contributed by atoms with Gasteiger partial charge in [0.05, 0.1) is 5.52 Å². The number of pyridine rings is 1. The van der Waals surface area contributed by atoms with Crippen molar-refractivity contribution in [3.8, 4) is 18.1 Å². The maximum Gasteiger partial charge on any atom is 0.226 e. The van der Waals surface area contributed by atoms with Crippen molar-refractivity contribution in [1.82, 2.24) is 4.98 Å². The first-order valence-electron chi connectivity index (χ1n) is 5.36. The number of ether oxygens (including phenoxy) is 1.